The highest BCUT2D eigenvalue weighted by molar-refractivity contribution is 5.87. The van der Waals surface area contributed by atoms with E-state index in [4.69, 9.17) is 10.8 Å². The highest BCUT2D eigenvalue weighted by Gasteiger charge is 2.35. The van der Waals surface area contributed by atoms with Gasteiger partial charge in [0.1, 0.15) is 11.3 Å². The summed E-state index contributed by atoms with van der Waals surface area (Å²) in [5, 5.41) is 9.07. The molecule has 0 aromatic heterocycles. The third-order valence-corrected chi connectivity index (χ3v) is 2.35. The van der Waals surface area contributed by atoms with Crippen LogP contribution >= 0.6 is 0 Å². The molecule has 0 aliphatic rings. The summed E-state index contributed by atoms with van der Waals surface area (Å²) in [5.74, 6) is -1.37. The molecule has 0 aliphatic carbocycles. The van der Waals surface area contributed by atoms with Gasteiger partial charge in [0.2, 0.25) is 0 Å². The Labute approximate surface area is 94.1 Å². The second-order valence-electron chi connectivity index (χ2n) is 4.00. The topological polar surface area (TPSA) is 80.4 Å². The van der Waals surface area contributed by atoms with Crippen LogP contribution in [-0.4, -0.2) is 22.4 Å². The Morgan fingerprint density at radius 1 is 1.31 bits per heavy atom. The fourth-order valence-corrected chi connectivity index (χ4v) is 1.62. The summed E-state index contributed by atoms with van der Waals surface area (Å²) in [7, 11) is 0. The Kier molecular flexibility index (Phi) is 3.79. The first-order valence-corrected chi connectivity index (χ1v) is 5.00. The Bertz CT molecular complexity index is 389. The van der Waals surface area contributed by atoms with Gasteiger partial charge in [0, 0.05) is 12.8 Å². The van der Waals surface area contributed by atoms with Crippen LogP contribution in [-0.2, 0) is 16.0 Å². The number of Topliss-reactive ketones (excluding diaryl/α,β-unsaturated/α-hetero) is 1. The van der Waals surface area contributed by atoms with E-state index in [9.17, 15) is 9.59 Å². The van der Waals surface area contributed by atoms with Crippen molar-refractivity contribution in [3.8, 4) is 0 Å². The number of nitrogens with two attached hydrogens (primary N) is 1. The number of carboxylic acids is 1. The van der Waals surface area contributed by atoms with E-state index in [1.165, 1.54) is 6.92 Å². The number of hydrogen-bond acceptors (Lipinski definition) is 3. The molecule has 0 unspecified atom stereocenters. The third-order valence-electron chi connectivity index (χ3n) is 2.35. The first-order valence-electron chi connectivity index (χ1n) is 5.00. The standard InChI is InChI=1S/C12H15NO3/c1-9(14)7-12(13,11(15)16)8-10-5-3-2-4-6-10/h2-6H,7-8,13H2,1H3,(H,15,16)/t12-/m0/s1. The number of carboxylic acid groups (broad SMARTS) is 1. The Morgan fingerprint density at radius 2 is 1.88 bits per heavy atom. The van der Waals surface area contributed by atoms with Gasteiger partial charge in [0.15, 0.2) is 0 Å². The zero-order valence-corrected chi connectivity index (χ0v) is 9.14. The molecule has 0 radical (unpaired) electrons. The van der Waals surface area contributed by atoms with Gasteiger partial charge in [-0.3, -0.25) is 9.59 Å². The minimum Gasteiger partial charge on any atom is -0.480 e. The van der Waals surface area contributed by atoms with Crippen LogP contribution in [0.5, 0.6) is 0 Å². The predicted octanol–water partition coefficient (Wildman–Crippen LogP) is 0.990. The van der Waals surface area contributed by atoms with Gasteiger partial charge in [0.25, 0.3) is 0 Å². The molecule has 4 heteroatoms. The second-order valence-corrected chi connectivity index (χ2v) is 4.00. The van der Waals surface area contributed by atoms with Crippen molar-refractivity contribution >= 4 is 11.8 Å². The summed E-state index contributed by atoms with van der Waals surface area (Å²) in [4.78, 5) is 22.1. The fraction of sp³-hybridized carbons (Fsp3) is 0.333. The van der Waals surface area contributed by atoms with E-state index in [1.807, 2.05) is 18.2 Å². The van der Waals surface area contributed by atoms with Crippen LogP contribution in [0.15, 0.2) is 30.3 Å². The third kappa shape index (κ3) is 3.17. The molecule has 1 aromatic rings. The molecule has 3 N–H and O–H groups in total. The summed E-state index contributed by atoms with van der Waals surface area (Å²) in [6.45, 7) is 1.34. The van der Waals surface area contributed by atoms with Crippen LogP contribution in [0.1, 0.15) is 18.9 Å². The van der Waals surface area contributed by atoms with Crippen molar-refractivity contribution in [2.45, 2.75) is 25.3 Å². The highest BCUT2D eigenvalue weighted by Crippen LogP contribution is 2.15. The lowest BCUT2D eigenvalue weighted by Gasteiger charge is -2.23. The molecule has 0 heterocycles. The molecule has 1 rings (SSSR count). The minimum absolute atomic E-state index is 0.156. The molecule has 0 aliphatic heterocycles. The lowest BCUT2D eigenvalue weighted by molar-refractivity contribution is -0.145. The summed E-state index contributed by atoms with van der Waals surface area (Å²) in [6, 6.07) is 9.06. The predicted molar refractivity (Wildman–Crippen MR) is 60.0 cm³/mol. The number of hydrogen-bond donors (Lipinski definition) is 2. The first-order chi connectivity index (χ1) is 7.44. The van der Waals surface area contributed by atoms with Gasteiger partial charge < -0.3 is 10.8 Å². The van der Waals surface area contributed by atoms with Gasteiger partial charge in [-0.25, -0.2) is 0 Å². The van der Waals surface area contributed by atoms with Gasteiger partial charge >= 0.3 is 5.97 Å². The number of rotatable bonds is 5. The maximum atomic E-state index is 11.1. The van der Waals surface area contributed by atoms with E-state index in [0.29, 0.717) is 0 Å². The Morgan fingerprint density at radius 3 is 2.31 bits per heavy atom. The second kappa shape index (κ2) is 4.90. The van der Waals surface area contributed by atoms with Crippen LogP contribution in [0.2, 0.25) is 0 Å². The average molecular weight is 221 g/mol. The molecule has 4 nitrogen and oxygen atoms in total. The van der Waals surface area contributed by atoms with Gasteiger partial charge in [0.05, 0.1) is 0 Å². The molecule has 0 saturated heterocycles. The number of ketones is 1. The summed E-state index contributed by atoms with van der Waals surface area (Å²) in [5.41, 5.74) is 5.06. The van der Waals surface area contributed by atoms with Gasteiger partial charge in [-0.05, 0) is 12.5 Å². The van der Waals surface area contributed by atoms with E-state index in [2.05, 4.69) is 0 Å². The molecule has 0 saturated carbocycles. The molecule has 0 bridgehead atoms. The molecule has 0 spiro atoms. The van der Waals surface area contributed by atoms with Crippen molar-refractivity contribution in [3.05, 3.63) is 35.9 Å². The van der Waals surface area contributed by atoms with Crippen LogP contribution in [0, 0.1) is 0 Å². The highest BCUT2D eigenvalue weighted by atomic mass is 16.4. The summed E-state index contributed by atoms with van der Waals surface area (Å²) in [6.07, 6.45) is -0.0000189. The Hall–Kier alpha value is -1.68. The molecular weight excluding hydrogens is 206 g/mol. The molecule has 86 valence electrons. The Balaban J connectivity index is 2.87. The van der Waals surface area contributed by atoms with E-state index in [1.54, 1.807) is 12.1 Å². The van der Waals surface area contributed by atoms with Crippen molar-refractivity contribution in [1.29, 1.82) is 0 Å². The lowest BCUT2D eigenvalue weighted by Crippen LogP contribution is -2.51. The molecule has 16 heavy (non-hydrogen) atoms. The number of carbonyl (C=O) groups excluding carboxylic acids is 1. The number of carbonyl (C=O) groups is 2. The van der Waals surface area contributed by atoms with Crippen molar-refractivity contribution < 1.29 is 14.7 Å². The zero-order chi connectivity index (χ0) is 12.2. The van der Waals surface area contributed by atoms with E-state index >= 15 is 0 Å². The minimum atomic E-state index is -1.51. The smallest absolute Gasteiger partial charge is 0.324 e. The van der Waals surface area contributed by atoms with Crippen molar-refractivity contribution in [1.82, 2.24) is 0 Å². The fourth-order valence-electron chi connectivity index (χ4n) is 1.62. The van der Waals surface area contributed by atoms with E-state index in [0.717, 1.165) is 5.56 Å². The lowest BCUT2D eigenvalue weighted by atomic mass is 9.87. The van der Waals surface area contributed by atoms with Crippen molar-refractivity contribution in [3.63, 3.8) is 0 Å². The number of aliphatic carboxylic acids is 1. The molecule has 0 amide bonds. The van der Waals surface area contributed by atoms with Gasteiger partial charge in [-0.2, -0.15) is 0 Å². The molecule has 1 aromatic carbocycles. The zero-order valence-electron chi connectivity index (χ0n) is 9.14. The van der Waals surface area contributed by atoms with Crippen LogP contribution < -0.4 is 5.73 Å². The SMILES string of the molecule is CC(=O)C[C@](N)(Cc1ccccc1)C(=O)O. The van der Waals surface area contributed by atoms with Crippen molar-refractivity contribution in [2.24, 2.45) is 5.73 Å². The van der Waals surface area contributed by atoms with E-state index in [-0.39, 0.29) is 18.6 Å². The monoisotopic (exact) mass is 221 g/mol. The molecule has 0 fully saturated rings. The van der Waals surface area contributed by atoms with Gasteiger partial charge in [-0.15, -0.1) is 0 Å². The quantitative estimate of drug-likeness (QED) is 0.777. The summed E-state index contributed by atoms with van der Waals surface area (Å²) >= 11 is 0. The van der Waals surface area contributed by atoms with Crippen molar-refractivity contribution in [2.75, 3.05) is 0 Å². The molecule has 1 atom stereocenters. The van der Waals surface area contributed by atoms with E-state index < -0.39 is 11.5 Å². The first kappa shape index (κ1) is 12.4. The van der Waals surface area contributed by atoms with Crippen LogP contribution in [0.3, 0.4) is 0 Å². The summed E-state index contributed by atoms with van der Waals surface area (Å²) < 4.78 is 0. The van der Waals surface area contributed by atoms with Crippen LogP contribution in [0.4, 0.5) is 0 Å². The normalized spacial score (nSPS) is 14.1. The molecular formula is C12H15NO3. The maximum absolute atomic E-state index is 11.1. The van der Waals surface area contributed by atoms with Crippen LogP contribution in [0.25, 0.3) is 0 Å². The maximum Gasteiger partial charge on any atom is 0.324 e. The van der Waals surface area contributed by atoms with Gasteiger partial charge in [-0.1, -0.05) is 30.3 Å². The number of benzene rings is 1. The largest absolute Gasteiger partial charge is 0.480 e. The average Bonchev–Trinajstić information content (AvgIpc) is 2.17.